The van der Waals surface area contributed by atoms with Crippen LogP contribution in [0.1, 0.15) is 322 Å². The smallest absolute Gasteiger partial charge is 0.306 e. The van der Waals surface area contributed by atoms with Crippen molar-refractivity contribution in [2.24, 2.45) is 0 Å². The Morgan fingerprint density at radius 3 is 0.855 bits per heavy atom. The molecule has 1 unspecified atom stereocenters. The van der Waals surface area contributed by atoms with E-state index in [0.717, 1.165) is 83.5 Å². The van der Waals surface area contributed by atoms with Crippen molar-refractivity contribution in [1.29, 1.82) is 0 Å². The van der Waals surface area contributed by atoms with E-state index < -0.39 is 6.10 Å². The first-order chi connectivity index (χ1) is 37.6. The largest absolute Gasteiger partial charge is 0.462 e. The van der Waals surface area contributed by atoms with Crippen molar-refractivity contribution in [2.75, 3.05) is 13.2 Å². The summed E-state index contributed by atoms with van der Waals surface area (Å²) in [5.41, 5.74) is 0. The molecule has 1 N–H and O–H groups in total. The monoisotopic (exact) mass is 1060 g/mol. The molecule has 0 bridgehead atoms. The third kappa shape index (κ3) is 63.4. The van der Waals surface area contributed by atoms with Crippen molar-refractivity contribution in [1.82, 2.24) is 0 Å². The molecule has 5 nitrogen and oxygen atoms in total. The molecule has 5 heteroatoms. The summed E-state index contributed by atoms with van der Waals surface area (Å²) in [6.07, 6.45) is 94.2. The lowest BCUT2D eigenvalue weighted by Gasteiger charge is -2.15. The van der Waals surface area contributed by atoms with Crippen LogP contribution in [-0.2, 0) is 19.1 Å². The topological polar surface area (TPSA) is 72.8 Å². The van der Waals surface area contributed by atoms with Crippen LogP contribution in [0.3, 0.4) is 0 Å². The molecular weight excluding hydrogens is 933 g/mol. The van der Waals surface area contributed by atoms with Gasteiger partial charge in [-0.2, -0.15) is 0 Å². The predicted molar refractivity (Wildman–Crippen MR) is 334 cm³/mol. The number of rotatable bonds is 60. The van der Waals surface area contributed by atoms with Gasteiger partial charge >= 0.3 is 11.9 Å². The maximum atomic E-state index is 12.3. The van der Waals surface area contributed by atoms with Gasteiger partial charge in [0, 0.05) is 12.8 Å². The maximum Gasteiger partial charge on any atom is 0.306 e. The number of aliphatic hydroxyl groups is 1. The van der Waals surface area contributed by atoms with Crippen molar-refractivity contribution in [3.05, 3.63) is 97.2 Å². The summed E-state index contributed by atoms with van der Waals surface area (Å²) in [5, 5.41) is 9.68. The molecule has 0 aromatic carbocycles. The third-order valence-electron chi connectivity index (χ3n) is 14.4. The molecule has 0 saturated heterocycles. The first kappa shape index (κ1) is 72.8. The van der Waals surface area contributed by atoms with E-state index in [4.69, 9.17) is 9.47 Å². The van der Waals surface area contributed by atoms with Crippen LogP contribution >= 0.6 is 0 Å². The van der Waals surface area contributed by atoms with Gasteiger partial charge in [0.05, 0.1) is 6.61 Å². The van der Waals surface area contributed by atoms with Crippen LogP contribution in [0.2, 0.25) is 0 Å². The van der Waals surface area contributed by atoms with Crippen molar-refractivity contribution in [3.63, 3.8) is 0 Å². The summed E-state index contributed by atoms with van der Waals surface area (Å²) >= 11 is 0. The lowest BCUT2D eigenvalue weighted by Crippen LogP contribution is -2.28. The molecule has 0 aromatic heterocycles. The van der Waals surface area contributed by atoms with Gasteiger partial charge < -0.3 is 14.6 Å². The van der Waals surface area contributed by atoms with Crippen LogP contribution in [0.25, 0.3) is 0 Å². The zero-order valence-corrected chi connectivity index (χ0v) is 50.3. The van der Waals surface area contributed by atoms with Gasteiger partial charge in [-0.05, 0) is 96.3 Å². The summed E-state index contributed by atoms with van der Waals surface area (Å²) in [7, 11) is 0. The second-order valence-electron chi connectivity index (χ2n) is 21.8. The molecule has 0 heterocycles. The molecule has 0 rings (SSSR count). The molecule has 0 aliphatic rings. The molecule has 0 aliphatic carbocycles. The third-order valence-corrected chi connectivity index (χ3v) is 14.4. The molecule has 0 radical (unpaired) electrons. The minimum Gasteiger partial charge on any atom is -0.462 e. The van der Waals surface area contributed by atoms with Crippen molar-refractivity contribution in [2.45, 2.75) is 328 Å². The van der Waals surface area contributed by atoms with Gasteiger partial charge in [-0.15, -0.1) is 0 Å². The number of allylic oxidation sites excluding steroid dienone is 16. The Hall–Kier alpha value is -3.18. The van der Waals surface area contributed by atoms with Crippen LogP contribution in [0.4, 0.5) is 0 Å². The van der Waals surface area contributed by atoms with Crippen LogP contribution in [0.5, 0.6) is 0 Å². The summed E-state index contributed by atoms with van der Waals surface area (Å²) in [6.45, 7) is 4.04. The van der Waals surface area contributed by atoms with E-state index in [0.29, 0.717) is 12.8 Å². The SMILES string of the molecule is CC/C=C\C/C=C\C/C=C\C/C=C\C/C=C\CCCCCCCCCCCCCCCCCCCCCCCCCC(=O)OC(CO)COC(=O)CCCCCCCCCC/C=C\C/C=C\C/C=C\CCCCCCC. The molecule has 0 fully saturated rings. The van der Waals surface area contributed by atoms with E-state index in [9.17, 15) is 14.7 Å². The lowest BCUT2D eigenvalue weighted by molar-refractivity contribution is -0.161. The van der Waals surface area contributed by atoms with E-state index in [1.54, 1.807) is 0 Å². The highest BCUT2D eigenvalue weighted by molar-refractivity contribution is 5.70. The second-order valence-corrected chi connectivity index (χ2v) is 21.8. The normalized spacial score (nSPS) is 12.8. The van der Waals surface area contributed by atoms with E-state index in [2.05, 4.69) is 111 Å². The first-order valence-corrected chi connectivity index (χ1v) is 32.8. The number of esters is 2. The molecule has 438 valence electrons. The highest BCUT2D eigenvalue weighted by Gasteiger charge is 2.16. The van der Waals surface area contributed by atoms with Gasteiger partial charge in [0.25, 0.3) is 0 Å². The van der Waals surface area contributed by atoms with E-state index >= 15 is 0 Å². The Kier molecular flexibility index (Phi) is 63.3. The van der Waals surface area contributed by atoms with Gasteiger partial charge in [-0.3, -0.25) is 9.59 Å². The van der Waals surface area contributed by atoms with Crippen molar-refractivity contribution >= 4 is 11.9 Å². The standard InChI is InChI=1S/C71H124O5/c1-3-5-7-9-11-13-15-17-19-21-23-25-27-28-29-30-31-32-33-34-35-36-37-38-39-40-41-42-44-46-48-50-52-54-56-58-60-62-64-66-71(74)76-69(67-72)68-75-70(73)65-63-61-59-57-55-53-51-49-47-45-43-26-24-22-20-18-16-14-12-10-8-6-4-2/h5,7,11,13,16-19,22-25,28-29,43,45,69,72H,3-4,6,8-10,12,14-15,20-21,26-27,30-42,44,46-68H2,1-2H3/b7-5-,13-11-,18-16-,19-17-,24-22-,25-23-,29-28-,45-43-. The molecule has 1 atom stereocenters. The Morgan fingerprint density at radius 2 is 0.566 bits per heavy atom. The first-order valence-electron chi connectivity index (χ1n) is 32.8. The van der Waals surface area contributed by atoms with Gasteiger partial charge in [0.15, 0.2) is 6.10 Å². The molecule has 0 aromatic rings. The zero-order chi connectivity index (χ0) is 54.8. The van der Waals surface area contributed by atoms with Gasteiger partial charge in [0.1, 0.15) is 6.61 Å². The highest BCUT2D eigenvalue weighted by Crippen LogP contribution is 2.17. The predicted octanol–water partition coefficient (Wildman–Crippen LogP) is 22.6. The quantitative estimate of drug-likeness (QED) is 0.0373. The lowest BCUT2D eigenvalue weighted by atomic mass is 10.0. The van der Waals surface area contributed by atoms with Crippen molar-refractivity contribution < 1.29 is 24.2 Å². The minimum absolute atomic E-state index is 0.0697. The summed E-state index contributed by atoms with van der Waals surface area (Å²) in [4.78, 5) is 24.6. The molecule has 0 amide bonds. The summed E-state index contributed by atoms with van der Waals surface area (Å²) in [6, 6.07) is 0. The zero-order valence-electron chi connectivity index (χ0n) is 50.3. The van der Waals surface area contributed by atoms with E-state index in [-0.39, 0.29) is 25.2 Å². The Balaban J connectivity index is 3.44. The number of ether oxygens (including phenoxy) is 2. The number of aliphatic hydroxyl groups excluding tert-OH is 1. The number of unbranched alkanes of at least 4 members (excludes halogenated alkanes) is 36. The van der Waals surface area contributed by atoms with Gasteiger partial charge in [-0.25, -0.2) is 0 Å². The fraction of sp³-hybridized carbons (Fsp3) is 0.746. The molecule has 76 heavy (non-hydrogen) atoms. The van der Waals surface area contributed by atoms with Crippen LogP contribution in [-0.4, -0.2) is 36.4 Å². The summed E-state index contributed by atoms with van der Waals surface area (Å²) in [5.74, 6) is -0.588. The Bertz CT molecular complexity index is 1430. The number of carbonyl (C=O) groups is 2. The average molecular weight is 1060 g/mol. The molecule has 0 aliphatic heterocycles. The van der Waals surface area contributed by atoms with E-state index in [1.807, 2.05) is 0 Å². The fourth-order valence-electron chi connectivity index (χ4n) is 9.47. The Morgan fingerprint density at radius 1 is 0.316 bits per heavy atom. The fourth-order valence-corrected chi connectivity index (χ4v) is 9.47. The summed E-state index contributed by atoms with van der Waals surface area (Å²) < 4.78 is 10.7. The average Bonchev–Trinajstić information content (AvgIpc) is 3.42. The van der Waals surface area contributed by atoms with E-state index in [1.165, 1.54) is 212 Å². The number of hydrogen-bond acceptors (Lipinski definition) is 5. The molecule has 0 saturated carbocycles. The second kappa shape index (κ2) is 66.1. The minimum atomic E-state index is -0.779. The maximum absolute atomic E-state index is 12.3. The molecule has 0 spiro atoms. The number of carbonyl (C=O) groups excluding carboxylic acids is 2. The molecular formula is C71H124O5. The van der Waals surface area contributed by atoms with Gasteiger partial charge in [-0.1, -0.05) is 310 Å². The van der Waals surface area contributed by atoms with Crippen LogP contribution in [0.15, 0.2) is 97.2 Å². The van der Waals surface area contributed by atoms with Crippen LogP contribution < -0.4 is 0 Å². The van der Waals surface area contributed by atoms with Crippen LogP contribution in [0, 0.1) is 0 Å². The highest BCUT2D eigenvalue weighted by atomic mass is 16.6. The Labute approximate surface area is 472 Å². The van der Waals surface area contributed by atoms with Crippen molar-refractivity contribution in [3.8, 4) is 0 Å². The van der Waals surface area contributed by atoms with Gasteiger partial charge in [0.2, 0.25) is 0 Å². The number of hydrogen-bond donors (Lipinski definition) is 1.